The fraction of sp³-hybridized carbons (Fsp3) is 0.167. The third-order valence-corrected chi connectivity index (χ3v) is 3.44. The van der Waals surface area contributed by atoms with Crippen LogP contribution in [0.25, 0.3) is 5.82 Å². The first-order chi connectivity index (χ1) is 11.7. The summed E-state index contributed by atoms with van der Waals surface area (Å²) in [5, 5.41) is 7.01. The highest BCUT2D eigenvalue weighted by atomic mass is 16.5. The minimum Gasteiger partial charge on any atom is -0.481 e. The number of nitrogens with zero attached hydrogens (tertiary/aromatic N) is 3. The first-order valence-corrected chi connectivity index (χ1v) is 7.67. The van der Waals surface area contributed by atoms with Crippen molar-refractivity contribution in [2.45, 2.75) is 19.6 Å². The Hall–Kier alpha value is -3.15. The first kappa shape index (κ1) is 15.7. The molecule has 0 radical (unpaired) electrons. The molecule has 0 unspecified atom stereocenters. The van der Waals surface area contributed by atoms with Gasteiger partial charge in [0, 0.05) is 25.1 Å². The standard InChI is InChI=1S/C18H18N4O2/c1-14(24-16-6-3-2-4-7-16)18(23)20-13-15-8-10-19-17(12-15)22-11-5-9-21-22/h2-12,14H,13H2,1H3,(H,20,23)/t14-/m1/s1. The average molecular weight is 322 g/mol. The Morgan fingerprint density at radius 1 is 1.21 bits per heavy atom. The maximum Gasteiger partial charge on any atom is 0.261 e. The van der Waals surface area contributed by atoms with Crippen LogP contribution in [-0.4, -0.2) is 26.8 Å². The number of nitrogens with one attached hydrogen (secondary N) is 1. The van der Waals surface area contributed by atoms with Crippen LogP contribution in [0.1, 0.15) is 12.5 Å². The topological polar surface area (TPSA) is 69.0 Å². The molecule has 0 spiro atoms. The number of hydrogen-bond donors (Lipinski definition) is 1. The van der Waals surface area contributed by atoms with Gasteiger partial charge >= 0.3 is 0 Å². The minimum absolute atomic E-state index is 0.170. The van der Waals surface area contributed by atoms with E-state index in [2.05, 4.69) is 15.4 Å². The Balaban J connectivity index is 1.57. The summed E-state index contributed by atoms with van der Waals surface area (Å²) in [5.41, 5.74) is 0.941. The summed E-state index contributed by atoms with van der Waals surface area (Å²) in [6.07, 6.45) is 4.64. The lowest BCUT2D eigenvalue weighted by molar-refractivity contribution is -0.127. The van der Waals surface area contributed by atoms with E-state index in [1.165, 1.54) is 0 Å². The van der Waals surface area contributed by atoms with Crippen molar-refractivity contribution in [1.29, 1.82) is 0 Å². The van der Waals surface area contributed by atoms with Crippen molar-refractivity contribution in [2.75, 3.05) is 0 Å². The van der Waals surface area contributed by atoms with Crippen molar-refractivity contribution >= 4 is 5.91 Å². The molecule has 24 heavy (non-hydrogen) atoms. The molecular formula is C18H18N4O2. The summed E-state index contributed by atoms with van der Waals surface area (Å²) >= 11 is 0. The second kappa shape index (κ2) is 7.41. The van der Waals surface area contributed by atoms with Crippen LogP contribution in [0, 0.1) is 0 Å². The number of aromatic nitrogens is 3. The van der Waals surface area contributed by atoms with Gasteiger partial charge in [-0.2, -0.15) is 5.10 Å². The van der Waals surface area contributed by atoms with E-state index in [4.69, 9.17) is 4.74 Å². The Morgan fingerprint density at radius 2 is 2.04 bits per heavy atom. The van der Waals surface area contributed by atoms with Gasteiger partial charge in [-0.15, -0.1) is 0 Å². The predicted molar refractivity (Wildman–Crippen MR) is 89.7 cm³/mol. The third-order valence-electron chi connectivity index (χ3n) is 3.44. The van der Waals surface area contributed by atoms with E-state index in [1.54, 1.807) is 24.0 Å². The zero-order valence-corrected chi connectivity index (χ0v) is 13.3. The molecule has 0 aliphatic carbocycles. The van der Waals surface area contributed by atoms with Gasteiger partial charge in [0.15, 0.2) is 11.9 Å². The molecule has 6 nitrogen and oxygen atoms in total. The highest BCUT2D eigenvalue weighted by Gasteiger charge is 2.14. The molecule has 2 heterocycles. The molecule has 0 saturated heterocycles. The molecule has 1 N–H and O–H groups in total. The summed E-state index contributed by atoms with van der Waals surface area (Å²) in [6, 6.07) is 14.9. The number of carbonyl (C=O) groups is 1. The van der Waals surface area contributed by atoms with Crippen LogP contribution in [0.15, 0.2) is 67.1 Å². The summed E-state index contributed by atoms with van der Waals surface area (Å²) in [6.45, 7) is 2.13. The summed E-state index contributed by atoms with van der Waals surface area (Å²) in [5.74, 6) is 1.21. The summed E-state index contributed by atoms with van der Waals surface area (Å²) in [4.78, 5) is 16.4. The molecule has 6 heteroatoms. The van der Waals surface area contributed by atoms with Crippen LogP contribution >= 0.6 is 0 Å². The second-order valence-corrected chi connectivity index (χ2v) is 5.26. The van der Waals surface area contributed by atoms with E-state index in [-0.39, 0.29) is 5.91 Å². The molecule has 3 rings (SSSR count). The van der Waals surface area contributed by atoms with E-state index < -0.39 is 6.10 Å². The lowest BCUT2D eigenvalue weighted by atomic mass is 10.2. The van der Waals surface area contributed by atoms with Gasteiger partial charge in [0.05, 0.1) is 0 Å². The number of para-hydroxylation sites is 1. The van der Waals surface area contributed by atoms with Crippen LogP contribution in [0.2, 0.25) is 0 Å². The number of ether oxygens (including phenoxy) is 1. The fourth-order valence-corrected chi connectivity index (χ4v) is 2.19. The minimum atomic E-state index is -0.570. The van der Waals surface area contributed by atoms with E-state index in [1.807, 2.05) is 54.7 Å². The van der Waals surface area contributed by atoms with Crippen LogP contribution in [-0.2, 0) is 11.3 Å². The molecule has 0 aliphatic rings. The molecule has 1 atom stereocenters. The summed E-state index contributed by atoms with van der Waals surface area (Å²) in [7, 11) is 0. The maximum absolute atomic E-state index is 12.2. The van der Waals surface area contributed by atoms with Crippen molar-refractivity contribution in [3.63, 3.8) is 0 Å². The van der Waals surface area contributed by atoms with Gasteiger partial charge < -0.3 is 10.1 Å². The molecule has 0 bridgehead atoms. The number of carbonyl (C=O) groups excluding carboxylic acids is 1. The average Bonchev–Trinajstić information content (AvgIpc) is 3.15. The Morgan fingerprint density at radius 3 is 2.79 bits per heavy atom. The molecule has 1 aromatic carbocycles. The maximum atomic E-state index is 12.2. The van der Waals surface area contributed by atoms with Crippen LogP contribution < -0.4 is 10.1 Å². The van der Waals surface area contributed by atoms with E-state index >= 15 is 0 Å². The van der Waals surface area contributed by atoms with Gasteiger partial charge in [-0.3, -0.25) is 4.79 Å². The van der Waals surface area contributed by atoms with Crippen molar-refractivity contribution in [2.24, 2.45) is 0 Å². The van der Waals surface area contributed by atoms with Crippen molar-refractivity contribution < 1.29 is 9.53 Å². The first-order valence-electron chi connectivity index (χ1n) is 7.67. The highest BCUT2D eigenvalue weighted by Crippen LogP contribution is 2.11. The fourth-order valence-electron chi connectivity index (χ4n) is 2.19. The quantitative estimate of drug-likeness (QED) is 0.756. The molecule has 122 valence electrons. The van der Waals surface area contributed by atoms with Gasteiger partial charge in [-0.25, -0.2) is 9.67 Å². The lowest BCUT2D eigenvalue weighted by Gasteiger charge is -2.14. The van der Waals surface area contributed by atoms with Crippen molar-refractivity contribution in [1.82, 2.24) is 20.1 Å². The van der Waals surface area contributed by atoms with Gasteiger partial charge in [-0.1, -0.05) is 18.2 Å². The summed E-state index contributed by atoms with van der Waals surface area (Å²) < 4.78 is 7.28. The molecule has 1 amide bonds. The third kappa shape index (κ3) is 3.98. The van der Waals surface area contributed by atoms with Crippen LogP contribution in [0.5, 0.6) is 5.75 Å². The zero-order chi connectivity index (χ0) is 16.8. The normalized spacial score (nSPS) is 11.7. The molecule has 3 aromatic rings. The Bertz CT molecular complexity index is 788. The number of hydrogen-bond acceptors (Lipinski definition) is 4. The number of amides is 1. The molecular weight excluding hydrogens is 304 g/mol. The van der Waals surface area contributed by atoms with Crippen LogP contribution in [0.4, 0.5) is 0 Å². The number of rotatable bonds is 6. The van der Waals surface area contributed by atoms with Crippen molar-refractivity contribution in [3.05, 3.63) is 72.7 Å². The largest absolute Gasteiger partial charge is 0.481 e. The Kier molecular flexibility index (Phi) is 4.86. The molecule has 0 saturated carbocycles. The van der Waals surface area contributed by atoms with Gasteiger partial charge in [0.25, 0.3) is 5.91 Å². The zero-order valence-electron chi connectivity index (χ0n) is 13.3. The van der Waals surface area contributed by atoms with E-state index in [0.717, 1.165) is 5.56 Å². The van der Waals surface area contributed by atoms with E-state index in [9.17, 15) is 4.79 Å². The van der Waals surface area contributed by atoms with E-state index in [0.29, 0.717) is 18.1 Å². The van der Waals surface area contributed by atoms with Gasteiger partial charge in [-0.05, 0) is 42.8 Å². The lowest BCUT2D eigenvalue weighted by Crippen LogP contribution is -2.35. The van der Waals surface area contributed by atoms with Crippen LogP contribution in [0.3, 0.4) is 0 Å². The number of benzene rings is 1. The monoisotopic (exact) mass is 322 g/mol. The smallest absolute Gasteiger partial charge is 0.261 e. The van der Waals surface area contributed by atoms with Crippen molar-refractivity contribution in [3.8, 4) is 11.6 Å². The van der Waals surface area contributed by atoms with Gasteiger partial charge in [0.2, 0.25) is 0 Å². The highest BCUT2D eigenvalue weighted by molar-refractivity contribution is 5.80. The SMILES string of the molecule is C[C@@H](Oc1ccccc1)C(=O)NCc1ccnc(-n2cccn2)c1. The molecule has 0 fully saturated rings. The number of pyridine rings is 1. The predicted octanol–water partition coefficient (Wildman–Crippen LogP) is 2.35. The molecule has 0 aliphatic heterocycles. The van der Waals surface area contributed by atoms with Gasteiger partial charge in [0.1, 0.15) is 5.75 Å². The Labute approximate surface area is 140 Å². The second-order valence-electron chi connectivity index (χ2n) is 5.26. The molecule has 2 aromatic heterocycles.